The van der Waals surface area contributed by atoms with E-state index in [0.29, 0.717) is 12.1 Å². The lowest BCUT2D eigenvalue weighted by Crippen LogP contribution is -2.41. The molecule has 0 bridgehead atoms. The molecule has 2 rings (SSSR count). The number of benzene rings is 1. The van der Waals surface area contributed by atoms with Crippen LogP contribution in [-0.4, -0.2) is 35.8 Å². The molecule has 21 heavy (non-hydrogen) atoms. The van der Waals surface area contributed by atoms with E-state index in [2.05, 4.69) is 11.8 Å². The lowest BCUT2D eigenvalue weighted by atomic mass is 9.91. The average Bonchev–Trinajstić information content (AvgIpc) is 2.48. The monoisotopic (exact) mass is 346 g/mol. The second-order valence-corrected chi connectivity index (χ2v) is 7.60. The van der Waals surface area contributed by atoms with E-state index in [1.165, 1.54) is 12.8 Å². The Morgan fingerprint density at radius 1 is 1.24 bits per heavy atom. The number of hydrogen-bond donors (Lipinski definition) is 1. The topological polar surface area (TPSA) is 29.3 Å². The fraction of sp³-hybridized carbons (Fsp3) is 0.625. The second kappa shape index (κ2) is 8.64. The highest BCUT2D eigenvalue weighted by Crippen LogP contribution is 2.30. The fourth-order valence-electron chi connectivity index (χ4n) is 2.93. The molecule has 1 fully saturated rings. The molecule has 2 N–H and O–H groups in total. The first-order valence-corrected chi connectivity index (χ1v) is 9.41. The molecule has 0 aliphatic heterocycles. The summed E-state index contributed by atoms with van der Waals surface area (Å²) in [7, 11) is 0. The third-order valence-corrected chi connectivity index (χ3v) is 5.91. The lowest BCUT2D eigenvalue weighted by Gasteiger charge is -2.35. The maximum atomic E-state index is 6.20. The SMILES string of the molecule is CCN(CCSc1cc(Cl)ccc1Cl)C1CCC(N)CC1. The summed E-state index contributed by atoms with van der Waals surface area (Å²) >= 11 is 14.0. The molecule has 1 aromatic carbocycles. The lowest BCUT2D eigenvalue weighted by molar-refractivity contribution is 0.166. The summed E-state index contributed by atoms with van der Waals surface area (Å²) in [6.45, 7) is 4.43. The van der Waals surface area contributed by atoms with Crippen molar-refractivity contribution in [3.63, 3.8) is 0 Å². The summed E-state index contributed by atoms with van der Waals surface area (Å²) in [5.41, 5.74) is 6.00. The van der Waals surface area contributed by atoms with E-state index in [-0.39, 0.29) is 0 Å². The molecule has 0 atom stereocenters. The predicted molar refractivity (Wildman–Crippen MR) is 94.7 cm³/mol. The number of nitrogens with zero attached hydrogens (tertiary/aromatic N) is 1. The van der Waals surface area contributed by atoms with Gasteiger partial charge in [-0.1, -0.05) is 30.1 Å². The van der Waals surface area contributed by atoms with Crippen LogP contribution in [0.1, 0.15) is 32.6 Å². The third kappa shape index (κ3) is 5.33. The largest absolute Gasteiger partial charge is 0.328 e. The van der Waals surface area contributed by atoms with Gasteiger partial charge in [0.25, 0.3) is 0 Å². The minimum Gasteiger partial charge on any atom is -0.328 e. The Bertz CT molecular complexity index is 448. The van der Waals surface area contributed by atoms with Crippen LogP contribution in [0, 0.1) is 0 Å². The zero-order valence-electron chi connectivity index (χ0n) is 12.5. The number of nitrogens with two attached hydrogens (primary N) is 1. The first-order valence-electron chi connectivity index (χ1n) is 7.67. The van der Waals surface area contributed by atoms with Crippen molar-refractivity contribution in [1.29, 1.82) is 0 Å². The third-order valence-electron chi connectivity index (χ3n) is 4.19. The number of rotatable bonds is 6. The van der Waals surface area contributed by atoms with Gasteiger partial charge < -0.3 is 5.73 Å². The fourth-order valence-corrected chi connectivity index (χ4v) is 4.41. The standard InChI is InChI=1S/C16H24Cl2N2S/c1-2-20(14-6-4-13(19)5-7-14)9-10-21-16-11-12(17)3-8-15(16)18/h3,8,11,13-14H,2,4-7,9-10,19H2,1H3. The van der Waals surface area contributed by atoms with E-state index in [9.17, 15) is 0 Å². The smallest absolute Gasteiger partial charge is 0.0542 e. The molecular formula is C16H24Cl2N2S. The summed E-state index contributed by atoms with van der Waals surface area (Å²) in [4.78, 5) is 3.66. The van der Waals surface area contributed by atoms with Crippen LogP contribution in [0.2, 0.25) is 10.0 Å². The van der Waals surface area contributed by atoms with Crippen LogP contribution in [0.5, 0.6) is 0 Å². The molecule has 0 aromatic heterocycles. The van der Waals surface area contributed by atoms with Gasteiger partial charge in [-0.15, -0.1) is 11.8 Å². The number of hydrogen-bond acceptors (Lipinski definition) is 3. The minimum atomic E-state index is 0.416. The van der Waals surface area contributed by atoms with E-state index in [4.69, 9.17) is 28.9 Å². The molecule has 0 spiro atoms. The van der Waals surface area contributed by atoms with E-state index in [0.717, 1.165) is 46.6 Å². The summed E-state index contributed by atoms with van der Waals surface area (Å²) < 4.78 is 0. The van der Waals surface area contributed by atoms with Crippen molar-refractivity contribution in [3.05, 3.63) is 28.2 Å². The predicted octanol–water partition coefficient (Wildman–Crippen LogP) is 4.68. The Labute approximate surface area is 142 Å². The van der Waals surface area contributed by atoms with Gasteiger partial charge in [0.15, 0.2) is 0 Å². The highest BCUT2D eigenvalue weighted by Gasteiger charge is 2.22. The highest BCUT2D eigenvalue weighted by molar-refractivity contribution is 7.99. The van der Waals surface area contributed by atoms with Crippen molar-refractivity contribution in [2.75, 3.05) is 18.8 Å². The Morgan fingerprint density at radius 3 is 2.62 bits per heavy atom. The summed E-state index contributed by atoms with van der Waals surface area (Å²) in [6.07, 6.45) is 4.79. The summed E-state index contributed by atoms with van der Waals surface area (Å²) in [6, 6.07) is 6.76. The molecule has 5 heteroatoms. The first kappa shape index (κ1) is 17.4. The van der Waals surface area contributed by atoms with Crippen molar-refractivity contribution in [2.45, 2.75) is 49.6 Å². The van der Waals surface area contributed by atoms with E-state index in [1.54, 1.807) is 11.8 Å². The molecule has 1 aliphatic rings. The van der Waals surface area contributed by atoms with Crippen LogP contribution in [0.25, 0.3) is 0 Å². The van der Waals surface area contributed by atoms with Crippen LogP contribution < -0.4 is 5.73 Å². The molecule has 1 aromatic rings. The molecule has 1 aliphatic carbocycles. The van der Waals surface area contributed by atoms with Crippen LogP contribution in [0.3, 0.4) is 0 Å². The quantitative estimate of drug-likeness (QED) is 0.758. The number of halogens is 2. The molecule has 0 amide bonds. The normalized spacial score (nSPS) is 22.7. The number of thioether (sulfide) groups is 1. The van der Waals surface area contributed by atoms with Crippen molar-refractivity contribution >= 4 is 35.0 Å². The Kier molecular flexibility index (Phi) is 7.17. The van der Waals surface area contributed by atoms with Gasteiger partial charge in [-0.05, 0) is 50.4 Å². The first-order chi connectivity index (χ1) is 10.1. The van der Waals surface area contributed by atoms with Gasteiger partial charge in [0.2, 0.25) is 0 Å². The molecular weight excluding hydrogens is 323 g/mol. The van der Waals surface area contributed by atoms with E-state index < -0.39 is 0 Å². The minimum absolute atomic E-state index is 0.416. The van der Waals surface area contributed by atoms with E-state index >= 15 is 0 Å². The van der Waals surface area contributed by atoms with Gasteiger partial charge in [0.1, 0.15) is 0 Å². The van der Waals surface area contributed by atoms with Gasteiger partial charge in [-0.25, -0.2) is 0 Å². The Hall–Kier alpha value is 0.0700. The zero-order chi connectivity index (χ0) is 15.2. The van der Waals surface area contributed by atoms with Gasteiger partial charge in [0, 0.05) is 34.3 Å². The van der Waals surface area contributed by atoms with Crippen LogP contribution in [0.4, 0.5) is 0 Å². The van der Waals surface area contributed by atoms with Gasteiger partial charge >= 0.3 is 0 Å². The molecule has 1 saturated carbocycles. The zero-order valence-corrected chi connectivity index (χ0v) is 14.9. The van der Waals surface area contributed by atoms with Gasteiger partial charge in [0.05, 0.1) is 5.02 Å². The molecule has 0 heterocycles. The van der Waals surface area contributed by atoms with Crippen LogP contribution >= 0.6 is 35.0 Å². The second-order valence-electron chi connectivity index (χ2n) is 5.62. The van der Waals surface area contributed by atoms with Crippen molar-refractivity contribution in [1.82, 2.24) is 4.90 Å². The summed E-state index contributed by atoms with van der Waals surface area (Å²) in [5, 5.41) is 1.53. The molecule has 2 nitrogen and oxygen atoms in total. The maximum Gasteiger partial charge on any atom is 0.0542 e. The Balaban J connectivity index is 1.82. The van der Waals surface area contributed by atoms with Gasteiger partial charge in [-0.3, -0.25) is 4.90 Å². The van der Waals surface area contributed by atoms with Crippen molar-refractivity contribution in [3.8, 4) is 0 Å². The van der Waals surface area contributed by atoms with Crippen molar-refractivity contribution < 1.29 is 0 Å². The molecule has 118 valence electrons. The van der Waals surface area contributed by atoms with Crippen LogP contribution in [0.15, 0.2) is 23.1 Å². The summed E-state index contributed by atoms with van der Waals surface area (Å²) in [5.74, 6) is 1.04. The van der Waals surface area contributed by atoms with Crippen LogP contribution in [-0.2, 0) is 0 Å². The van der Waals surface area contributed by atoms with E-state index in [1.807, 2.05) is 18.2 Å². The van der Waals surface area contributed by atoms with Gasteiger partial charge in [-0.2, -0.15) is 0 Å². The molecule has 0 radical (unpaired) electrons. The molecule has 0 saturated heterocycles. The van der Waals surface area contributed by atoms with Crippen molar-refractivity contribution in [2.24, 2.45) is 5.73 Å². The Morgan fingerprint density at radius 2 is 1.95 bits per heavy atom. The highest BCUT2D eigenvalue weighted by atomic mass is 35.5. The molecule has 0 unspecified atom stereocenters. The maximum absolute atomic E-state index is 6.20. The average molecular weight is 347 g/mol.